The van der Waals surface area contributed by atoms with E-state index in [4.69, 9.17) is 20.3 Å². The van der Waals surface area contributed by atoms with E-state index in [1.54, 1.807) is 0 Å². The zero-order valence-electron chi connectivity index (χ0n) is 8.85. The van der Waals surface area contributed by atoms with Crippen LogP contribution >= 0.6 is 0 Å². The molecule has 5 nitrogen and oxygen atoms in total. The second-order valence-corrected chi connectivity index (χ2v) is 3.77. The number of nitrogens with two attached hydrogens (primary N) is 1. The quantitative estimate of drug-likeness (QED) is 0.695. The summed E-state index contributed by atoms with van der Waals surface area (Å²) in [6.07, 6.45) is 3.26. The lowest BCUT2D eigenvalue weighted by Crippen LogP contribution is -2.30. The highest BCUT2D eigenvalue weighted by Crippen LogP contribution is 2.12. The maximum Gasteiger partial charge on any atom is 0.320 e. The summed E-state index contributed by atoms with van der Waals surface area (Å²) in [6.45, 7) is 2.02. The Labute approximate surface area is 89.5 Å². The predicted molar refractivity (Wildman–Crippen MR) is 54.6 cm³/mol. The molecule has 2 unspecified atom stereocenters. The summed E-state index contributed by atoms with van der Waals surface area (Å²) in [6, 6.07) is -0.743. The van der Waals surface area contributed by atoms with Crippen LogP contribution in [0.2, 0.25) is 0 Å². The average Bonchev–Trinajstić information content (AvgIpc) is 2.46. The van der Waals surface area contributed by atoms with Crippen LogP contribution in [0.5, 0.6) is 0 Å². The number of carboxylic acids is 1. The molecular formula is C10H19NO4. The van der Waals surface area contributed by atoms with Crippen LogP contribution in [0, 0.1) is 0 Å². The Bertz CT molecular complexity index is 190. The second kappa shape index (κ2) is 6.76. The van der Waals surface area contributed by atoms with Crippen molar-refractivity contribution >= 4 is 5.97 Å². The summed E-state index contributed by atoms with van der Waals surface area (Å²) in [5.41, 5.74) is 5.40. The Hall–Kier alpha value is -0.650. The smallest absolute Gasteiger partial charge is 0.320 e. The normalized spacial score (nSPS) is 24.5. The minimum Gasteiger partial charge on any atom is -0.480 e. The third-order valence-corrected chi connectivity index (χ3v) is 2.52. The fourth-order valence-corrected chi connectivity index (χ4v) is 1.59. The average molecular weight is 217 g/mol. The largest absolute Gasteiger partial charge is 0.480 e. The Morgan fingerprint density at radius 2 is 2.27 bits per heavy atom. The Balaban J connectivity index is 2.10. The first kappa shape index (κ1) is 12.4. The lowest BCUT2D eigenvalue weighted by Gasteiger charge is -2.14. The summed E-state index contributed by atoms with van der Waals surface area (Å²) in [7, 11) is 0. The van der Waals surface area contributed by atoms with Crippen molar-refractivity contribution in [3.63, 3.8) is 0 Å². The summed E-state index contributed by atoms with van der Waals surface area (Å²) < 4.78 is 10.8. The minimum atomic E-state index is -0.930. The van der Waals surface area contributed by atoms with E-state index in [-0.39, 0.29) is 6.10 Å². The number of carbonyl (C=O) groups is 1. The first-order valence-corrected chi connectivity index (χ1v) is 5.38. The number of aliphatic carboxylic acids is 1. The molecule has 0 saturated carbocycles. The third kappa shape index (κ3) is 5.11. The maximum absolute atomic E-state index is 10.5. The van der Waals surface area contributed by atoms with Crippen molar-refractivity contribution in [2.24, 2.45) is 5.73 Å². The molecule has 0 aromatic heterocycles. The van der Waals surface area contributed by atoms with Gasteiger partial charge in [0.25, 0.3) is 0 Å². The molecule has 1 aliphatic rings. The molecule has 2 atom stereocenters. The number of hydrogen-bond donors (Lipinski definition) is 2. The van der Waals surface area contributed by atoms with Gasteiger partial charge in [-0.2, -0.15) is 0 Å². The molecule has 1 fully saturated rings. The summed E-state index contributed by atoms with van der Waals surface area (Å²) in [4.78, 5) is 10.5. The van der Waals surface area contributed by atoms with Gasteiger partial charge in [-0.25, -0.2) is 0 Å². The predicted octanol–water partition coefficient (Wildman–Crippen LogP) is 0.374. The number of hydrogen-bond acceptors (Lipinski definition) is 4. The first-order valence-electron chi connectivity index (χ1n) is 5.38. The van der Waals surface area contributed by atoms with Gasteiger partial charge in [-0.1, -0.05) is 0 Å². The van der Waals surface area contributed by atoms with Gasteiger partial charge in [0.1, 0.15) is 6.04 Å². The fraction of sp³-hybridized carbons (Fsp3) is 0.900. The van der Waals surface area contributed by atoms with Crippen LogP contribution in [0.4, 0.5) is 0 Å². The molecule has 1 heterocycles. The van der Waals surface area contributed by atoms with Crippen LogP contribution in [-0.4, -0.2) is 43.0 Å². The van der Waals surface area contributed by atoms with E-state index in [0.29, 0.717) is 19.6 Å². The van der Waals surface area contributed by atoms with E-state index in [1.165, 1.54) is 0 Å². The van der Waals surface area contributed by atoms with E-state index in [0.717, 1.165) is 25.9 Å². The molecule has 0 radical (unpaired) electrons. The van der Waals surface area contributed by atoms with Gasteiger partial charge in [-0.3, -0.25) is 4.79 Å². The number of rotatable bonds is 5. The lowest BCUT2D eigenvalue weighted by atomic mass is 10.1. The molecule has 5 heteroatoms. The van der Waals surface area contributed by atoms with Crippen molar-refractivity contribution in [1.82, 2.24) is 0 Å². The van der Waals surface area contributed by atoms with Gasteiger partial charge in [0.2, 0.25) is 0 Å². The summed E-state index contributed by atoms with van der Waals surface area (Å²) in [5, 5.41) is 8.59. The highest BCUT2D eigenvalue weighted by Gasteiger charge is 2.15. The zero-order chi connectivity index (χ0) is 11.1. The van der Waals surface area contributed by atoms with Crippen molar-refractivity contribution in [3.8, 4) is 0 Å². The van der Waals surface area contributed by atoms with E-state index in [9.17, 15) is 4.79 Å². The third-order valence-electron chi connectivity index (χ3n) is 2.52. The Morgan fingerprint density at radius 3 is 3.00 bits per heavy atom. The topological polar surface area (TPSA) is 81.8 Å². The molecule has 0 aliphatic carbocycles. The molecule has 0 amide bonds. The van der Waals surface area contributed by atoms with E-state index < -0.39 is 12.0 Å². The lowest BCUT2D eigenvalue weighted by molar-refractivity contribution is -0.138. The van der Waals surface area contributed by atoms with Crippen LogP contribution in [0.25, 0.3) is 0 Å². The standard InChI is InChI=1S/C10H19NO4/c11-9(10(12)13)3-1-2-8-4-5-14-6-7-15-8/h8-9H,1-7,11H2,(H,12,13). The van der Waals surface area contributed by atoms with Crippen molar-refractivity contribution in [2.75, 3.05) is 19.8 Å². The highest BCUT2D eigenvalue weighted by atomic mass is 16.5. The number of carboxylic acid groups (broad SMARTS) is 1. The van der Waals surface area contributed by atoms with Gasteiger partial charge in [-0.15, -0.1) is 0 Å². The number of ether oxygens (including phenoxy) is 2. The van der Waals surface area contributed by atoms with Gasteiger partial charge < -0.3 is 20.3 Å². The summed E-state index contributed by atoms with van der Waals surface area (Å²) in [5.74, 6) is -0.930. The second-order valence-electron chi connectivity index (χ2n) is 3.77. The Kier molecular flexibility index (Phi) is 5.60. The van der Waals surface area contributed by atoms with Gasteiger partial charge in [-0.05, 0) is 25.7 Å². The summed E-state index contributed by atoms with van der Waals surface area (Å²) >= 11 is 0. The molecule has 0 bridgehead atoms. The van der Waals surface area contributed by atoms with Gasteiger partial charge in [0, 0.05) is 6.61 Å². The monoisotopic (exact) mass is 217 g/mol. The molecule has 88 valence electrons. The van der Waals surface area contributed by atoms with Gasteiger partial charge in [0.15, 0.2) is 0 Å². The van der Waals surface area contributed by atoms with Crippen LogP contribution in [-0.2, 0) is 14.3 Å². The molecule has 0 spiro atoms. The van der Waals surface area contributed by atoms with E-state index in [2.05, 4.69) is 0 Å². The molecule has 0 aromatic rings. The van der Waals surface area contributed by atoms with Crippen molar-refractivity contribution in [1.29, 1.82) is 0 Å². The molecule has 1 aliphatic heterocycles. The van der Waals surface area contributed by atoms with Crippen molar-refractivity contribution < 1.29 is 19.4 Å². The van der Waals surface area contributed by atoms with Crippen molar-refractivity contribution in [2.45, 2.75) is 37.8 Å². The van der Waals surface area contributed by atoms with E-state index in [1.807, 2.05) is 0 Å². The minimum absolute atomic E-state index is 0.202. The molecule has 15 heavy (non-hydrogen) atoms. The maximum atomic E-state index is 10.5. The molecule has 1 rings (SSSR count). The van der Waals surface area contributed by atoms with Crippen LogP contribution in [0.15, 0.2) is 0 Å². The Morgan fingerprint density at radius 1 is 1.47 bits per heavy atom. The highest BCUT2D eigenvalue weighted by molar-refractivity contribution is 5.72. The molecular weight excluding hydrogens is 198 g/mol. The van der Waals surface area contributed by atoms with Crippen LogP contribution < -0.4 is 5.73 Å². The molecule has 3 N–H and O–H groups in total. The van der Waals surface area contributed by atoms with Crippen LogP contribution in [0.3, 0.4) is 0 Å². The SMILES string of the molecule is NC(CCCC1CCOCCO1)C(=O)O. The van der Waals surface area contributed by atoms with Gasteiger partial charge in [0.05, 0.1) is 19.3 Å². The first-order chi connectivity index (χ1) is 7.20. The van der Waals surface area contributed by atoms with Gasteiger partial charge >= 0.3 is 5.97 Å². The van der Waals surface area contributed by atoms with Crippen molar-refractivity contribution in [3.05, 3.63) is 0 Å². The molecule has 0 aromatic carbocycles. The van der Waals surface area contributed by atoms with E-state index >= 15 is 0 Å². The fourth-order valence-electron chi connectivity index (χ4n) is 1.59. The zero-order valence-corrected chi connectivity index (χ0v) is 8.85. The molecule has 1 saturated heterocycles. The van der Waals surface area contributed by atoms with Crippen LogP contribution in [0.1, 0.15) is 25.7 Å².